The second kappa shape index (κ2) is 9.39. The van der Waals surface area contributed by atoms with Crippen LogP contribution in [-0.2, 0) is 14.3 Å². The van der Waals surface area contributed by atoms with Crippen molar-refractivity contribution in [3.63, 3.8) is 0 Å². The Morgan fingerprint density at radius 1 is 1.04 bits per heavy atom. The van der Waals surface area contributed by atoms with Crippen LogP contribution in [0.25, 0.3) is 0 Å². The van der Waals surface area contributed by atoms with E-state index in [0.29, 0.717) is 21.3 Å². The van der Waals surface area contributed by atoms with Crippen molar-refractivity contribution in [2.75, 3.05) is 11.9 Å². The Morgan fingerprint density at radius 2 is 1.67 bits per heavy atom. The zero-order valence-corrected chi connectivity index (χ0v) is 16.2. The lowest BCUT2D eigenvalue weighted by Crippen LogP contribution is -2.40. The second-order valence-electron chi connectivity index (χ2n) is 5.82. The van der Waals surface area contributed by atoms with Crippen molar-refractivity contribution in [1.29, 1.82) is 0 Å². The number of nitrogens with one attached hydrogen (secondary N) is 2. The van der Waals surface area contributed by atoms with E-state index in [9.17, 15) is 14.4 Å². The number of anilines is 1. The molecule has 1 atom stereocenters. The number of hydrogen-bond donors (Lipinski definition) is 2. The van der Waals surface area contributed by atoms with Gasteiger partial charge in [-0.25, -0.2) is 4.79 Å². The first-order chi connectivity index (χ1) is 12.8. The number of halogens is 2. The normalized spacial score (nSPS) is 11.4. The van der Waals surface area contributed by atoms with Crippen LogP contribution in [0.3, 0.4) is 0 Å². The lowest BCUT2D eigenvalue weighted by molar-refractivity contribution is -0.148. The smallest absolute Gasteiger partial charge is 0.328 e. The summed E-state index contributed by atoms with van der Waals surface area (Å²) in [5, 5.41) is 6.19. The maximum absolute atomic E-state index is 12.1. The van der Waals surface area contributed by atoms with Crippen molar-refractivity contribution in [3.05, 3.63) is 63.6 Å². The van der Waals surface area contributed by atoms with Gasteiger partial charge in [0.15, 0.2) is 6.61 Å². The summed E-state index contributed by atoms with van der Waals surface area (Å²) < 4.78 is 4.94. The summed E-state index contributed by atoms with van der Waals surface area (Å²) in [4.78, 5) is 36.0. The van der Waals surface area contributed by atoms with Crippen molar-refractivity contribution in [3.8, 4) is 0 Å². The highest BCUT2D eigenvalue weighted by Crippen LogP contribution is 2.19. The zero-order chi connectivity index (χ0) is 20.0. The number of hydrogen-bond acceptors (Lipinski definition) is 4. The van der Waals surface area contributed by atoms with E-state index in [1.807, 2.05) is 0 Å². The van der Waals surface area contributed by atoms with E-state index in [0.717, 1.165) is 5.56 Å². The van der Waals surface area contributed by atoms with Gasteiger partial charge >= 0.3 is 5.97 Å². The third-order valence-electron chi connectivity index (χ3n) is 3.62. The largest absolute Gasteiger partial charge is 0.454 e. The molecular formula is C19H18Cl2N2O4. The van der Waals surface area contributed by atoms with Crippen LogP contribution in [0.5, 0.6) is 0 Å². The molecule has 0 aliphatic rings. The van der Waals surface area contributed by atoms with E-state index >= 15 is 0 Å². The van der Waals surface area contributed by atoms with E-state index < -0.39 is 30.4 Å². The molecule has 6 nitrogen and oxygen atoms in total. The molecule has 27 heavy (non-hydrogen) atoms. The predicted molar refractivity (Wildman–Crippen MR) is 104 cm³/mol. The van der Waals surface area contributed by atoms with Gasteiger partial charge in [-0.3, -0.25) is 9.59 Å². The van der Waals surface area contributed by atoms with E-state index in [1.54, 1.807) is 37.3 Å². The fourth-order valence-corrected chi connectivity index (χ4v) is 2.51. The van der Waals surface area contributed by atoms with Gasteiger partial charge in [0, 0.05) is 21.3 Å². The summed E-state index contributed by atoms with van der Waals surface area (Å²) in [6.45, 7) is 2.79. The minimum absolute atomic E-state index is 0.356. The maximum atomic E-state index is 12.1. The molecule has 142 valence electrons. The molecule has 2 amide bonds. The van der Waals surface area contributed by atoms with Crippen LogP contribution in [0.1, 0.15) is 22.8 Å². The van der Waals surface area contributed by atoms with Crippen molar-refractivity contribution in [2.45, 2.75) is 19.9 Å². The van der Waals surface area contributed by atoms with Gasteiger partial charge in [-0.15, -0.1) is 0 Å². The second-order valence-corrected chi connectivity index (χ2v) is 6.69. The van der Waals surface area contributed by atoms with Gasteiger partial charge in [-0.05, 0) is 61.9 Å². The summed E-state index contributed by atoms with van der Waals surface area (Å²) in [6.07, 6.45) is 0. The number of amides is 2. The van der Waals surface area contributed by atoms with Gasteiger partial charge in [-0.2, -0.15) is 0 Å². The van der Waals surface area contributed by atoms with Gasteiger partial charge in [0.05, 0.1) is 0 Å². The molecule has 0 spiro atoms. The van der Waals surface area contributed by atoms with E-state index in [-0.39, 0.29) is 0 Å². The summed E-state index contributed by atoms with van der Waals surface area (Å²) in [5.74, 6) is -1.66. The molecule has 0 radical (unpaired) electrons. The fraction of sp³-hybridized carbons (Fsp3) is 0.211. The number of carbonyl (C=O) groups excluding carboxylic acids is 3. The first-order valence-electron chi connectivity index (χ1n) is 8.05. The summed E-state index contributed by atoms with van der Waals surface area (Å²) in [7, 11) is 0. The average Bonchev–Trinajstić information content (AvgIpc) is 2.62. The van der Waals surface area contributed by atoms with Crippen LogP contribution < -0.4 is 10.6 Å². The van der Waals surface area contributed by atoms with Gasteiger partial charge in [0.1, 0.15) is 6.04 Å². The number of carbonyl (C=O) groups is 3. The molecule has 2 rings (SSSR count). The lowest BCUT2D eigenvalue weighted by Gasteiger charge is -2.14. The predicted octanol–water partition coefficient (Wildman–Crippen LogP) is 3.60. The highest BCUT2D eigenvalue weighted by atomic mass is 35.5. The van der Waals surface area contributed by atoms with Crippen molar-refractivity contribution in [2.24, 2.45) is 0 Å². The fourth-order valence-electron chi connectivity index (χ4n) is 2.16. The number of rotatable bonds is 6. The molecule has 0 aromatic heterocycles. The molecule has 2 N–H and O–H groups in total. The van der Waals surface area contributed by atoms with Crippen molar-refractivity contribution >= 4 is 46.7 Å². The van der Waals surface area contributed by atoms with Crippen LogP contribution in [0.15, 0.2) is 42.5 Å². The minimum Gasteiger partial charge on any atom is -0.454 e. The number of benzene rings is 2. The third kappa shape index (κ3) is 6.27. The molecular weight excluding hydrogens is 391 g/mol. The topological polar surface area (TPSA) is 84.5 Å². The Morgan fingerprint density at radius 3 is 2.30 bits per heavy atom. The quantitative estimate of drug-likeness (QED) is 0.714. The SMILES string of the molecule is Cc1cc(Cl)ccc1NC(=O)COC(=O)[C@H](C)NC(=O)c1ccc(Cl)cc1. The molecule has 0 saturated carbocycles. The van der Waals surface area contributed by atoms with Gasteiger partial charge in [0.2, 0.25) is 0 Å². The van der Waals surface area contributed by atoms with Crippen molar-refractivity contribution < 1.29 is 19.1 Å². The molecule has 0 aliphatic heterocycles. The maximum Gasteiger partial charge on any atom is 0.328 e. The molecule has 2 aromatic rings. The highest BCUT2D eigenvalue weighted by Gasteiger charge is 2.19. The molecule has 0 heterocycles. The average molecular weight is 409 g/mol. The lowest BCUT2D eigenvalue weighted by atomic mass is 10.2. The van der Waals surface area contributed by atoms with Crippen LogP contribution >= 0.6 is 23.2 Å². The molecule has 0 bridgehead atoms. The van der Waals surface area contributed by atoms with E-state index in [4.69, 9.17) is 27.9 Å². The minimum atomic E-state index is -0.918. The number of ether oxygens (including phenoxy) is 1. The van der Waals surface area contributed by atoms with Gasteiger partial charge in [0.25, 0.3) is 11.8 Å². The Hall–Kier alpha value is -2.57. The monoisotopic (exact) mass is 408 g/mol. The van der Waals surface area contributed by atoms with E-state index in [1.165, 1.54) is 19.1 Å². The first kappa shape index (κ1) is 20.7. The molecule has 8 heteroatoms. The molecule has 0 fully saturated rings. The first-order valence-corrected chi connectivity index (χ1v) is 8.81. The van der Waals surface area contributed by atoms with Crippen LogP contribution in [0.2, 0.25) is 10.0 Å². The Kier molecular flexibility index (Phi) is 7.21. The summed E-state index contributed by atoms with van der Waals surface area (Å²) >= 11 is 11.6. The van der Waals surface area contributed by atoms with Crippen LogP contribution in [-0.4, -0.2) is 30.4 Å². The summed E-state index contributed by atoms with van der Waals surface area (Å²) in [5.41, 5.74) is 1.71. The Balaban J connectivity index is 1.82. The van der Waals surface area contributed by atoms with Crippen molar-refractivity contribution in [1.82, 2.24) is 5.32 Å². The summed E-state index contributed by atoms with van der Waals surface area (Å²) in [6, 6.07) is 10.3. The molecule has 2 aromatic carbocycles. The van der Waals surface area contributed by atoms with Crippen LogP contribution in [0, 0.1) is 6.92 Å². The Labute approximate surface area is 166 Å². The third-order valence-corrected chi connectivity index (χ3v) is 4.10. The Bertz CT molecular complexity index is 853. The molecule has 0 saturated heterocycles. The number of esters is 1. The van der Waals surface area contributed by atoms with Crippen LogP contribution in [0.4, 0.5) is 5.69 Å². The number of aryl methyl sites for hydroxylation is 1. The van der Waals surface area contributed by atoms with Gasteiger partial charge < -0.3 is 15.4 Å². The zero-order valence-electron chi connectivity index (χ0n) is 14.7. The standard InChI is InChI=1S/C19H18Cl2N2O4/c1-11-9-15(21)7-8-16(11)23-17(24)10-27-19(26)12(2)22-18(25)13-3-5-14(20)6-4-13/h3-9,12H,10H2,1-2H3,(H,22,25)(H,23,24)/t12-/m0/s1. The highest BCUT2D eigenvalue weighted by molar-refractivity contribution is 6.31. The van der Waals surface area contributed by atoms with E-state index in [2.05, 4.69) is 10.6 Å². The molecule has 0 unspecified atom stereocenters. The molecule has 0 aliphatic carbocycles. The van der Waals surface area contributed by atoms with Gasteiger partial charge in [-0.1, -0.05) is 23.2 Å².